The van der Waals surface area contributed by atoms with Gasteiger partial charge in [-0.2, -0.15) is 0 Å². The Hall–Kier alpha value is -1.90. The van der Waals surface area contributed by atoms with Crippen LogP contribution >= 0.6 is 0 Å². The van der Waals surface area contributed by atoms with Crippen molar-refractivity contribution in [3.8, 4) is 0 Å². The highest BCUT2D eigenvalue weighted by atomic mass is 16.2. The molecular weight excluding hydrogens is 214 g/mol. The number of carbonyl (C=O) groups is 2. The maximum absolute atomic E-state index is 11.7. The Kier molecular flexibility index (Phi) is 4.64. The van der Waals surface area contributed by atoms with Gasteiger partial charge in [-0.15, -0.1) is 0 Å². The number of amides is 1. The first-order valence-electron chi connectivity index (χ1n) is 5.65. The van der Waals surface area contributed by atoms with Crippen molar-refractivity contribution in [1.29, 1.82) is 0 Å². The average Bonchev–Trinajstić information content (AvgIpc) is 2.30. The summed E-state index contributed by atoms with van der Waals surface area (Å²) >= 11 is 0. The van der Waals surface area contributed by atoms with E-state index in [-0.39, 0.29) is 11.7 Å². The van der Waals surface area contributed by atoms with Crippen LogP contribution in [0.5, 0.6) is 0 Å². The second-order valence-electron chi connectivity index (χ2n) is 3.68. The minimum atomic E-state index is -0.0473. The van der Waals surface area contributed by atoms with Gasteiger partial charge in [0.15, 0.2) is 5.78 Å². The summed E-state index contributed by atoms with van der Waals surface area (Å²) in [6.45, 7) is 5.82. The molecule has 0 saturated heterocycles. The van der Waals surface area contributed by atoms with Gasteiger partial charge >= 0.3 is 0 Å². The number of benzene rings is 1. The molecule has 0 saturated carbocycles. The molecule has 0 spiro atoms. The lowest BCUT2D eigenvalue weighted by Gasteiger charge is -2.19. The van der Waals surface area contributed by atoms with Crippen molar-refractivity contribution >= 4 is 17.4 Å². The van der Waals surface area contributed by atoms with Gasteiger partial charge in [-0.05, 0) is 32.1 Å². The van der Waals surface area contributed by atoms with Crippen molar-refractivity contribution in [1.82, 2.24) is 0 Å². The zero-order valence-electron chi connectivity index (χ0n) is 10.4. The second-order valence-corrected chi connectivity index (χ2v) is 3.68. The maximum atomic E-state index is 11.7. The Morgan fingerprint density at radius 3 is 2.59 bits per heavy atom. The van der Waals surface area contributed by atoms with Crippen molar-refractivity contribution in [2.24, 2.45) is 0 Å². The van der Waals surface area contributed by atoms with Crippen molar-refractivity contribution in [3.05, 3.63) is 42.0 Å². The van der Waals surface area contributed by atoms with Crippen LogP contribution in [0.2, 0.25) is 0 Å². The zero-order valence-corrected chi connectivity index (χ0v) is 10.4. The Labute approximate surface area is 102 Å². The lowest BCUT2D eigenvalue weighted by molar-refractivity contribution is -0.116. The van der Waals surface area contributed by atoms with Crippen molar-refractivity contribution < 1.29 is 9.59 Å². The van der Waals surface area contributed by atoms with Crippen molar-refractivity contribution in [3.63, 3.8) is 0 Å². The van der Waals surface area contributed by atoms with Gasteiger partial charge in [0.05, 0.1) is 0 Å². The largest absolute Gasteiger partial charge is 0.313 e. The maximum Gasteiger partial charge on any atom is 0.223 e. The molecule has 1 aromatic rings. The summed E-state index contributed by atoms with van der Waals surface area (Å²) in [7, 11) is 0. The van der Waals surface area contributed by atoms with E-state index in [1.54, 1.807) is 36.1 Å². The summed E-state index contributed by atoms with van der Waals surface area (Å²) in [4.78, 5) is 24.7. The molecule has 0 atom stereocenters. The number of hydrogen-bond donors (Lipinski definition) is 0. The van der Waals surface area contributed by atoms with Gasteiger partial charge in [0.2, 0.25) is 5.91 Å². The van der Waals surface area contributed by atoms with E-state index in [4.69, 9.17) is 0 Å². The molecule has 0 unspecified atom stereocenters. The third-order valence-corrected chi connectivity index (χ3v) is 2.46. The summed E-state index contributed by atoms with van der Waals surface area (Å²) < 4.78 is 0. The lowest BCUT2D eigenvalue weighted by atomic mass is 10.1. The predicted molar refractivity (Wildman–Crippen MR) is 69.3 cm³/mol. The summed E-state index contributed by atoms with van der Waals surface area (Å²) in [5, 5.41) is 0. The Balaban J connectivity index is 3.08. The van der Waals surface area contributed by atoms with Crippen molar-refractivity contribution in [2.75, 3.05) is 11.4 Å². The molecule has 1 rings (SSSR count). The first-order valence-corrected chi connectivity index (χ1v) is 5.65. The molecule has 0 bridgehead atoms. The second kappa shape index (κ2) is 5.99. The van der Waals surface area contributed by atoms with Gasteiger partial charge in [-0.3, -0.25) is 9.59 Å². The summed E-state index contributed by atoms with van der Waals surface area (Å²) in [6, 6.07) is 7.11. The number of hydrogen-bond acceptors (Lipinski definition) is 2. The molecule has 17 heavy (non-hydrogen) atoms. The molecule has 1 aromatic carbocycles. The molecule has 0 aliphatic heterocycles. The number of nitrogens with zero attached hydrogens (tertiary/aromatic N) is 1. The Bertz CT molecular complexity index is 449. The van der Waals surface area contributed by atoms with E-state index in [0.29, 0.717) is 12.1 Å². The minimum absolute atomic E-state index is 0.0249. The van der Waals surface area contributed by atoms with E-state index >= 15 is 0 Å². The van der Waals surface area contributed by atoms with E-state index in [0.717, 1.165) is 5.69 Å². The fourth-order valence-corrected chi connectivity index (χ4v) is 1.66. The van der Waals surface area contributed by atoms with Crippen LogP contribution in [0.1, 0.15) is 31.1 Å². The first kappa shape index (κ1) is 13.2. The van der Waals surface area contributed by atoms with Gasteiger partial charge in [0, 0.05) is 24.7 Å². The van der Waals surface area contributed by atoms with E-state index in [1.165, 1.54) is 13.0 Å². The van der Waals surface area contributed by atoms with Gasteiger partial charge < -0.3 is 4.90 Å². The molecule has 90 valence electrons. The summed E-state index contributed by atoms with van der Waals surface area (Å²) in [5.74, 6) is -0.0721. The number of ketones is 1. The quantitative estimate of drug-likeness (QED) is 0.590. The highest BCUT2D eigenvalue weighted by Gasteiger charge is 2.10. The molecule has 0 aromatic heterocycles. The molecule has 0 fully saturated rings. The first-order chi connectivity index (χ1) is 8.10. The van der Waals surface area contributed by atoms with Crippen LogP contribution in [0.25, 0.3) is 0 Å². The van der Waals surface area contributed by atoms with Gasteiger partial charge in [-0.25, -0.2) is 0 Å². The molecule has 0 aliphatic carbocycles. The summed E-state index contributed by atoms with van der Waals surface area (Å²) in [5.41, 5.74) is 1.36. The van der Waals surface area contributed by atoms with Crippen LogP contribution in [-0.4, -0.2) is 18.2 Å². The zero-order chi connectivity index (χ0) is 12.8. The highest BCUT2D eigenvalue weighted by molar-refractivity contribution is 6.05. The van der Waals surface area contributed by atoms with E-state index in [1.807, 2.05) is 13.0 Å². The van der Waals surface area contributed by atoms with E-state index < -0.39 is 0 Å². The van der Waals surface area contributed by atoms with Crippen LogP contribution in [0, 0.1) is 0 Å². The smallest absolute Gasteiger partial charge is 0.223 e. The Morgan fingerprint density at radius 1 is 1.35 bits per heavy atom. The number of carbonyl (C=O) groups excluding carboxylic acids is 2. The standard InChI is InChI=1S/C14H17NO2/c1-4-7-14(17)12-8-6-9-13(10-12)15(5-2)11(3)16/h4,6-10H,5H2,1-3H3/b7-4+. The fourth-order valence-electron chi connectivity index (χ4n) is 1.66. The monoisotopic (exact) mass is 231 g/mol. The molecular formula is C14H17NO2. The highest BCUT2D eigenvalue weighted by Crippen LogP contribution is 2.17. The van der Waals surface area contributed by atoms with Crippen LogP contribution in [0.4, 0.5) is 5.69 Å². The topological polar surface area (TPSA) is 37.4 Å². The average molecular weight is 231 g/mol. The molecule has 0 N–H and O–H groups in total. The molecule has 0 heterocycles. The molecule has 0 aliphatic rings. The molecule has 3 nitrogen and oxygen atoms in total. The van der Waals surface area contributed by atoms with Crippen LogP contribution in [-0.2, 0) is 4.79 Å². The third kappa shape index (κ3) is 3.28. The molecule has 3 heteroatoms. The summed E-state index contributed by atoms with van der Waals surface area (Å²) in [6.07, 6.45) is 3.22. The lowest BCUT2D eigenvalue weighted by Crippen LogP contribution is -2.27. The van der Waals surface area contributed by atoms with E-state index in [9.17, 15) is 9.59 Å². The number of rotatable bonds is 4. The number of allylic oxidation sites excluding steroid dienone is 2. The fraction of sp³-hybridized carbons (Fsp3) is 0.286. The predicted octanol–water partition coefficient (Wildman–Crippen LogP) is 2.82. The number of anilines is 1. The van der Waals surface area contributed by atoms with Crippen LogP contribution < -0.4 is 4.90 Å². The van der Waals surface area contributed by atoms with E-state index in [2.05, 4.69) is 0 Å². The third-order valence-electron chi connectivity index (χ3n) is 2.46. The van der Waals surface area contributed by atoms with Crippen molar-refractivity contribution in [2.45, 2.75) is 20.8 Å². The normalized spacial score (nSPS) is 10.5. The minimum Gasteiger partial charge on any atom is -0.313 e. The SMILES string of the molecule is C/C=C/C(=O)c1cccc(N(CC)C(C)=O)c1. The molecule has 1 amide bonds. The Morgan fingerprint density at radius 2 is 2.06 bits per heavy atom. The molecule has 0 radical (unpaired) electrons. The van der Waals surface area contributed by atoms with Gasteiger partial charge in [-0.1, -0.05) is 18.2 Å². The van der Waals surface area contributed by atoms with Gasteiger partial charge in [0.25, 0.3) is 0 Å². The van der Waals surface area contributed by atoms with Crippen LogP contribution in [0.15, 0.2) is 36.4 Å². The van der Waals surface area contributed by atoms with Crippen LogP contribution in [0.3, 0.4) is 0 Å². The van der Waals surface area contributed by atoms with Gasteiger partial charge in [0.1, 0.15) is 0 Å².